The maximum atomic E-state index is 12.5. The lowest BCUT2D eigenvalue weighted by Crippen LogP contribution is -2.10. The van der Waals surface area contributed by atoms with Crippen LogP contribution in [0.25, 0.3) is 10.9 Å². The lowest BCUT2D eigenvalue weighted by atomic mass is 10.3. The lowest BCUT2D eigenvalue weighted by Gasteiger charge is -2.06. The van der Waals surface area contributed by atoms with Crippen molar-refractivity contribution in [3.63, 3.8) is 0 Å². The Labute approximate surface area is 148 Å². The maximum Gasteiger partial charge on any atom is 0.455 e. The molecule has 0 saturated heterocycles. The monoisotopic (exact) mass is 389 g/mol. The van der Waals surface area contributed by atoms with Gasteiger partial charge in [0.1, 0.15) is 6.54 Å². The smallest absolute Gasteiger partial charge is 0.236 e. The zero-order valence-corrected chi connectivity index (χ0v) is 13.8. The molecular weight excluding hydrogens is 382 g/mol. The first-order valence-electron chi connectivity index (χ1n) is 6.65. The summed E-state index contributed by atoms with van der Waals surface area (Å²) in [6.45, 7) is 3.48. The van der Waals surface area contributed by atoms with Crippen LogP contribution in [0.2, 0.25) is 5.02 Å². The van der Waals surface area contributed by atoms with Crippen LogP contribution in [-0.2, 0) is 12.7 Å². The third-order valence-electron chi connectivity index (χ3n) is 2.99. The molecule has 130 valence electrons. The summed E-state index contributed by atoms with van der Waals surface area (Å²) in [4.78, 5) is 4.89. The normalized spacial score (nSPS) is 11.7. The van der Waals surface area contributed by atoms with E-state index in [1.54, 1.807) is 12.1 Å². The highest BCUT2D eigenvalue weighted by molar-refractivity contribution is 6.48. The van der Waals surface area contributed by atoms with E-state index in [4.69, 9.17) is 23.2 Å². The van der Waals surface area contributed by atoms with Gasteiger partial charge < -0.3 is 0 Å². The molecule has 0 aromatic carbocycles. The fourth-order valence-electron chi connectivity index (χ4n) is 1.96. The zero-order valence-electron chi connectivity index (χ0n) is 12.2. The lowest BCUT2D eigenvalue weighted by molar-refractivity contribution is -0.145. The average molecular weight is 390 g/mol. The van der Waals surface area contributed by atoms with Crippen LogP contribution < -0.4 is 0 Å². The summed E-state index contributed by atoms with van der Waals surface area (Å²) >= 11 is 12.1. The van der Waals surface area contributed by atoms with Crippen molar-refractivity contribution in [1.82, 2.24) is 35.0 Å². The second kappa shape index (κ2) is 6.45. The van der Waals surface area contributed by atoms with E-state index in [1.807, 2.05) is 0 Å². The summed E-state index contributed by atoms with van der Waals surface area (Å²) < 4.78 is 38.9. The Kier molecular flexibility index (Phi) is 4.48. The molecule has 3 rings (SSSR count). The van der Waals surface area contributed by atoms with Crippen LogP contribution in [-0.4, -0.2) is 35.0 Å². The predicted molar refractivity (Wildman–Crippen MR) is 83.2 cm³/mol. The van der Waals surface area contributed by atoms with Crippen LogP contribution >= 0.6 is 23.2 Å². The van der Waals surface area contributed by atoms with Crippen LogP contribution in [0.15, 0.2) is 31.0 Å². The molecule has 12 heteroatoms. The number of alkyl halides is 3. The van der Waals surface area contributed by atoms with Gasteiger partial charge >= 0.3 is 6.18 Å². The summed E-state index contributed by atoms with van der Waals surface area (Å²) in [5.74, 6) is -1.03. The highest BCUT2D eigenvalue weighted by Gasteiger charge is 2.36. The predicted octanol–water partition coefficient (Wildman–Crippen LogP) is 3.18. The van der Waals surface area contributed by atoms with E-state index < -0.39 is 12.0 Å². The third kappa shape index (κ3) is 3.64. The summed E-state index contributed by atoms with van der Waals surface area (Å²) in [5.41, 5.74) is 0.707. The second-order valence-electron chi connectivity index (χ2n) is 4.79. The molecule has 0 unspecified atom stereocenters. The summed E-state index contributed by atoms with van der Waals surface area (Å²) in [6.07, 6.45) is -3.16. The molecule has 0 spiro atoms. The van der Waals surface area contributed by atoms with E-state index in [0.29, 0.717) is 22.2 Å². The number of aromatic nitrogens is 7. The standard InChI is InChI=1S/C13H8Cl2F3N7/c1-7(14)10-5-8(6-24-22-12(20-23-24)13(16,17)18)21-25(10)11-9(15)3-2-4-19-11/h2-5H,1,6H2. The van der Waals surface area contributed by atoms with Crippen molar-refractivity contribution in [3.8, 4) is 5.82 Å². The van der Waals surface area contributed by atoms with Gasteiger partial charge in [-0.2, -0.15) is 23.1 Å². The molecule has 7 nitrogen and oxygen atoms in total. The van der Waals surface area contributed by atoms with Crippen molar-refractivity contribution in [1.29, 1.82) is 0 Å². The minimum atomic E-state index is -4.67. The Morgan fingerprint density at radius 2 is 2.04 bits per heavy atom. The van der Waals surface area contributed by atoms with Crippen LogP contribution in [0, 0.1) is 0 Å². The van der Waals surface area contributed by atoms with Gasteiger partial charge in [-0.05, 0) is 23.4 Å². The second-order valence-corrected chi connectivity index (χ2v) is 5.65. The molecule has 0 amide bonds. The molecule has 0 aliphatic heterocycles. The largest absolute Gasteiger partial charge is 0.455 e. The fourth-order valence-corrected chi connectivity index (χ4v) is 2.30. The Morgan fingerprint density at radius 1 is 1.28 bits per heavy atom. The van der Waals surface area contributed by atoms with Crippen LogP contribution in [0.1, 0.15) is 17.2 Å². The average Bonchev–Trinajstić information content (AvgIpc) is 3.15. The zero-order chi connectivity index (χ0) is 18.2. The van der Waals surface area contributed by atoms with Crippen LogP contribution in [0.3, 0.4) is 0 Å². The van der Waals surface area contributed by atoms with Gasteiger partial charge in [0.15, 0.2) is 5.82 Å². The van der Waals surface area contributed by atoms with Crippen molar-refractivity contribution in [3.05, 3.63) is 53.2 Å². The van der Waals surface area contributed by atoms with Gasteiger partial charge in [0.2, 0.25) is 0 Å². The molecule has 0 N–H and O–H groups in total. The van der Waals surface area contributed by atoms with Crippen molar-refractivity contribution >= 4 is 28.2 Å². The Hall–Kier alpha value is -2.46. The van der Waals surface area contributed by atoms with E-state index in [0.717, 1.165) is 4.80 Å². The number of hydrogen-bond acceptors (Lipinski definition) is 5. The SMILES string of the molecule is C=C(Cl)c1cc(Cn2nnc(C(F)(F)F)n2)nn1-c1ncccc1Cl. The number of tetrazole rings is 1. The molecule has 0 aliphatic rings. The third-order valence-corrected chi connectivity index (χ3v) is 3.48. The highest BCUT2D eigenvalue weighted by atomic mass is 35.5. The molecule has 3 aromatic rings. The number of pyridine rings is 1. The van der Waals surface area contributed by atoms with Crippen molar-refractivity contribution < 1.29 is 13.2 Å². The molecular formula is C13H8Cl2F3N7. The molecule has 3 aromatic heterocycles. The van der Waals surface area contributed by atoms with Crippen molar-refractivity contribution in [2.75, 3.05) is 0 Å². The highest BCUT2D eigenvalue weighted by Crippen LogP contribution is 2.26. The van der Waals surface area contributed by atoms with Crippen molar-refractivity contribution in [2.24, 2.45) is 0 Å². The van der Waals surface area contributed by atoms with E-state index in [9.17, 15) is 13.2 Å². The number of hydrogen-bond donors (Lipinski definition) is 0. The first kappa shape index (κ1) is 17.4. The molecule has 3 heterocycles. The van der Waals surface area contributed by atoms with E-state index in [-0.39, 0.29) is 11.6 Å². The number of halogens is 5. The summed E-state index contributed by atoms with van der Waals surface area (Å²) in [7, 11) is 0. The Morgan fingerprint density at radius 3 is 2.64 bits per heavy atom. The molecule has 25 heavy (non-hydrogen) atoms. The van der Waals surface area contributed by atoms with Gasteiger partial charge in [-0.25, -0.2) is 9.67 Å². The van der Waals surface area contributed by atoms with Gasteiger partial charge in [-0.1, -0.05) is 29.8 Å². The van der Waals surface area contributed by atoms with Gasteiger partial charge in [-0.15, -0.1) is 10.2 Å². The topological polar surface area (TPSA) is 74.3 Å². The molecule has 0 fully saturated rings. The molecule has 0 aliphatic carbocycles. The van der Waals surface area contributed by atoms with Crippen LogP contribution in [0.5, 0.6) is 0 Å². The molecule has 0 bridgehead atoms. The van der Waals surface area contributed by atoms with Gasteiger partial charge in [-0.3, -0.25) is 0 Å². The van der Waals surface area contributed by atoms with Crippen LogP contribution in [0.4, 0.5) is 13.2 Å². The van der Waals surface area contributed by atoms with Gasteiger partial charge in [0.25, 0.3) is 5.82 Å². The molecule has 0 radical (unpaired) electrons. The Balaban J connectivity index is 1.96. The number of rotatable bonds is 4. The van der Waals surface area contributed by atoms with E-state index in [2.05, 4.69) is 32.1 Å². The summed E-state index contributed by atoms with van der Waals surface area (Å²) in [5, 5.41) is 14.3. The maximum absolute atomic E-state index is 12.5. The first-order chi connectivity index (χ1) is 11.8. The molecule has 0 saturated carbocycles. The quantitative estimate of drug-likeness (QED) is 0.684. The Bertz CT molecular complexity index is 932. The van der Waals surface area contributed by atoms with Gasteiger partial charge in [0.05, 0.1) is 21.4 Å². The summed E-state index contributed by atoms with van der Waals surface area (Å²) in [6, 6.07) is 4.78. The minimum Gasteiger partial charge on any atom is -0.236 e. The van der Waals surface area contributed by atoms with Crippen molar-refractivity contribution in [2.45, 2.75) is 12.7 Å². The first-order valence-corrected chi connectivity index (χ1v) is 7.41. The van der Waals surface area contributed by atoms with E-state index >= 15 is 0 Å². The molecule has 0 atom stereocenters. The van der Waals surface area contributed by atoms with Gasteiger partial charge in [0, 0.05) is 6.20 Å². The van der Waals surface area contributed by atoms with E-state index in [1.165, 1.54) is 16.9 Å². The number of nitrogens with zero attached hydrogens (tertiary/aromatic N) is 7. The fraction of sp³-hybridized carbons (Fsp3) is 0.154. The minimum absolute atomic E-state index is 0.155.